The molecule has 8 nitrogen and oxygen atoms in total. The zero-order valence-corrected chi connectivity index (χ0v) is 17.0. The van der Waals surface area contributed by atoms with E-state index in [1.54, 1.807) is 47.7 Å². The third kappa shape index (κ3) is 3.96. The van der Waals surface area contributed by atoms with E-state index in [1.807, 2.05) is 24.3 Å². The van der Waals surface area contributed by atoms with E-state index in [1.165, 1.54) is 0 Å². The molecule has 8 heteroatoms. The Morgan fingerprint density at radius 1 is 0.655 bits per heavy atom. The van der Waals surface area contributed by atoms with Gasteiger partial charge < -0.3 is 29.4 Å². The van der Waals surface area contributed by atoms with Crippen LogP contribution in [0.3, 0.4) is 0 Å². The maximum Gasteiger partial charge on any atom is 0.221 e. The Morgan fingerprint density at radius 3 is 1.83 bits per heavy atom. The van der Waals surface area contributed by atoms with Crippen molar-refractivity contribution in [3.63, 3.8) is 0 Å². The van der Waals surface area contributed by atoms with Crippen molar-refractivity contribution in [3.05, 3.63) is 36.4 Å². The van der Waals surface area contributed by atoms with Gasteiger partial charge in [0, 0.05) is 11.1 Å². The molecule has 2 N–H and O–H groups in total. The lowest BCUT2D eigenvalue weighted by Crippen LogP contribution is -2.01. The van der Waals surface area contributed by atoms with Gasteiger partial charge in [-0.15, -0.1) is 0 Å². The van der Waals surface area contributed by atoms with Crippen LogP contribution >= 0.6 is 0 Å². The van der Waals surface area contributed by atoms with Gasteiger partial charge in [-0.05, 0) is 36.4 Å². The minimum Gasteiger partial charge on any atom is -0.497 e. The van der Waals surface area contributed by atoms with Crippen molar-refractivity contribution in [1.29, 1.82) is 0 Å². The maximum atomic E-state index is 6.01. The standard InChI is InChI=1S/C21H23N3O5/c1-25-13-6-7-17(26-2)14(10-13)16-11-15(23-21(22)24-16)12-8-18(27-3)20(29-5)19(9-12)28-4/h6-11H,1-5H3,(H2,22,23,24). The zero-order valence-electron chi connectivity index (χ0n) is 17.0. The van der Waals surface area contributed by atoms with Crippen molar-refractivity contribution in [3.8, 4) is 51.3 Å². The van der Waals surface area contributed by atoms with Crippen molar-refractivity contribution in [2.75, 3.05) is 41.3 Å². The first-order valence-corrected chi connectivity index (χ1v) is 8.72. The van der Waals surface area contributed by atoms with Crippen LogP contribution in [0.4, 0.5) is 5.95 Å². The molecule has 1 aromatic heterocycles. The van der Waals surface area contributed by atoms with Gasteiger partial charge in [-0.1, -0.05) is 0 Å². The number of ether oxygens (including phenoxy) is 5. The summed E-state index contributed by atoms with van der Waals surface area (Å²) in [5, 5.41) is 0. The summed E-state index contributed by atoms with van der Waals surface area (Å²) >= 11 is 0. The van der Waals surface area contributed by atoms with Crippen LogP contribution in [0, 0.1) is 0 Å². The van der Waals surface area contributed by atoms with Crippen LogP contribution in [-0.2, 0) is 0 Å². The first kappa shape index (κ1) is 20.1. The lowest BCUT2D eigenvalue weighted by Gasteiger charge is -2.15. The highest BCUT2D eigenvalue weighted by Crippen LogP contribution is 2.41. The fraction of sp³-hybridized carbons (Fsp3) is 0.238. The lowest BCUT2D eigenvalue weighted by atomic mass is 10.1. The highest BCUT2D eigenvalue weighted by Gasteiger charge is 2.17. The van der Waals surface area contributed by atoms with Crippen molar-refractivity contribution in [1.82, 2.24) is 9.97 Å². The smallest absolute Gasteiger partial charge is 0.221 e. The molecule has 29 heavy (non-hydrogen) atoms. The Morgan fingerprint density at radius 2 is 1.28 bits per heavy atom. The van der Waals surface area contributed by atoms with E-state index in [9.17, 15) is 0 Å². The van der Waals surface area contributed by atoms with Gasteiger partial charge in [0.1, 0.15) is 11.5 Å². The van der Waals surface area contributed by atoms with Gasteiger partial charge in [-0.2, -0.15) is 0 Å². The van der Waals surface area contributed by atoms with E-state index in [2.05, 4.69) is 9.97 Å². The van der Waals surface area contributed by atoms with Gasteiger partial charge in [0.05, 0.1) is 46.9 Å². The molecule has 0 atom stereocenters. The van der Waals surface area contributed by atoms with E-state index in [4.69, 9.17) is 29.4 Å². The third-order valence-electron chi connectivity index (χ3n) is 4.39. The van der Waals surface area contributed by atoms with Crippen LogP contribution in [0.15, 0.2) is 36.4 Å². The summed E-state index contributed by atoms with van der Waals surface area (Å²) in [6, 6.07) is 10.9. The van der Waals surface area contributed by atoms with E-state index < -0.39 is 0 Å². The van der Waals surface area contributed by atoms with Crippen LogP contribution in [0.25, 0.3) is 22.5 Å². The van der Waals surface area contributed by atoms with Crippen LogP contribution in [0.2, 0.25) is 0 Å². The zero-order chi connectivity index (χ0) is 21.0. The summed E-state index contributed by atoms with van der Waals surface area (Å²) in [5.41, 5.74) is 8.66. The summed E-state index contributed by atoms with van der Waals surface area (Å²) in [6.07, 6.45) is 0. The number of nitrogens with two attached hydrogens (primary N) is 1. The Labute approximate surface area is 169 Å². The Kier molecular flexibility index (Phi) is 5.92. The van der Waals surface area contributed by atoms with Gasteiger partial charge in [0.25, 0.3) is 0 Å². The molecule has 3 rings (SSSR count). The van der Waals surface area contributed by atoms with Crippen molar-refractivity contribution in [2.45, 2.75) is 0 Å². The second kappa shape index (κ2) is 8.55. The minimum absolute atomic E-state index is 0.121. The summed E-state index contributed by atoms with van der Waals surface area (Å²) in [7, 11) is 7.86. The number of hydrogen-bond donors (Lipinski definition) is 1. The highest BCUT2D eigenvalue weighted by atomic mass is 16.5. The minimum atomic E-state index is 0.121. The first-order valence-electron chi connectivity index (χ1n) is 8.72. The molecule has 0 aliphatic carbocycles. The van der Waals surface area contributed by atoms with Gasteiger partial charge in [0.15, 0.2) is 11.5 Å². The predicted molar refractivity (Wildman–Crippen MR) is 110 cm³/mol. The number of nitrogens with zero attached hydrogens (tertiary/aromatic N) is 2. The summed E-state index contributed by atoms with van der Waals surface area (Å²) in [4.78, 5) is 8.75. The summed E-state index contributed by atoms with van der Waals surface area (Å²) < 4.78 is 27.1. The van der Waals surface area contributed by atoms with Gasteiger partial charge in [-0.3, -0.25) is 0 Å². The molecule has 0 spiro atoms. The van der Waals surface area contributed by atoms with Crippen LogP contribution in [0.5, 0.6) is 28.7 Å². The molecule has 2 aromatic carbocycles. The van der Waals surface area contributed by atoms with Gasteiger partial charge >= 0.3 is 0 Å². The van der Waals surface area contributed by atoms with E-state index in [0.29, 0.717) is 40.1 Å². The molecule has 0 aliphatic heterocycles. The van der Waals surface area contributed by atoms with Crippen molar-refractivity contribution in [2.24, 2.45) is 0 Å². The molecule has 0 aliphatic rings. The van der Waals surface area contributed by atoms with Crippen LogP contribution in [0.1, 0.15) is 0 Å². The second-order valence-corrected chi connectivity index (χ2v) is 5.98. The van der Waals surface area contributed by atoms with Gasteiger partial charge in [-0.25, -0.2) is 9.97 Å². The molecule has 0 fully saturated rings. The normalized spacial score (nSPS) is 10.4. The molecule has 0 amide bonds. The van der Waals surface area contributed by atoms with Gasteiger partial charge in [0.2, 0.25) is 11.7 Å². The Bertz CT molecular complexity index is 998. The largest absolute Gasteiger partial charge is 0.497 e. The highest BCUT2D eigenvalue weighted by molar-refractivity contribution is 5.76. The SMILES string of the molecule is COc1ccc(OC)c(-c2cc(-c3cc(OC)c(OC)c(OC)c3)nc(N)n2)c1. The first-order chi connectivity index (χ1) is 14.0. The fourth-order valence-corrected chi connectivity index (χ4v) is 2.99. The Hall–Kier alpha value is -3.68. The molecule has 0 bridgehead atoms. The predicted octanol–water partition coefficient (Wildman–Crippen LogP) is 3.44. The number of nitrogen functional groups attached to an aromatic ring is 1. The Balaban J connectivity index is 2.19. The maximum absolute atomic E-state index is 6.01. The van der Waals surface area contributed by atoms with Crippen molar-refractivity contribution < 1.29 is 23.7 Å². The molecule has 3 aromatic rings. The lowest BCUT2D eigenvalue weighted by molar-refractivity contribution is 0.324. The molecule has 0 unspecified atom stereocenters. The summed E-state index contributed by atoms with van der Waals surface area (Å²) in [5.74, 6) is 2.96. The second-order valence-electron chi connectivity index (χ2n) is 5.98. The van der Waals surface area contributed by atoms with E-state index in [-0.39, 0.29) is 5.95 Å². The van der Waals surface area contributed by atoms with E-state index >= 15 is 0 Å². The van der Waals surface area contributed by atoms with Crippen LogP contribution in [-0.4, -0.2) is 45.5 Å². The quantitative estimate of drug-likeness (QED) is 0.647. The third-order valence-corrected chi connectivity index (χ3v) is 4.39. The average molecular weight is 397 g/mol. The molecular formula is C21H23N3O5. The molecule has 0 saturated heterocycles. The number of benzene rings is 2. The average Bonchev–Trinajstić information content (AvgIpc) is 2.76. The number of rotatable bonds is 7. The molecule has 0 saturated carbocycles. The number of hydrogen-bond acceptors (Lipinski definition) is 8. The number of aromatic nitrogens is 2. The van der Waals surface area contributed by atoms with Crippen molar-refractivity contribution >= 4 is 5.95 Å². The van der Waals surface area contributed by atoms with E-state index in [0.717, 1.165) is 11.1 Å². The fourth-order valence-electron chi connectivity index (χ4n) is 2.99. The summed E-state index contributed by atoms with van der Waals surface area (Å²) in [6.45, 7) is 0. The molecular weight excluding hydrogens is 374 g/mol. The number of methoxy groups -OCH3 is 5. The molecule has 0 radical (unpaired) electrons. The molecule has 1 heterocycles. The number of anilines is 1. The van der Waals surface area contributed by atoms with Crippen LogP contribution < -0.4 is 29.4 Å². The topological polar surface area (TPSA) is 98.0 Å². The monoisotopic (exact) mass is 397 g/mol. The molecule has 152 valence electrons.